The first-order valence-electron chi connectivity index (χ1n) is 2.94. The molecule has 0 aliphatic rings. The van der Waals surface area contributed by atoms with Crippen LogP contribution in [0, 0.1) is 0 Å². The van der Waals surface area contributed by atoms with Crippen LogP contribution in [0.15, 0.2) is 35.3 Å². The summed E-state index contributed by atoms with van der Waals surface area (Å²) in [7, 11) is 0. The van der Waals surface area contributed by atoms with Gasteiger partial charge in [0.2, 0.25) is 0 Å². The van der Waals surface area contributed by atoms with Gasteiger partial charge in [0.25, 0.3) is 0 Å². The van der Waals surface area contributed by atoms with Crippen LogP contribution in [0.25, 0.3) is 5.52 Å². The fraction of sp³-hybridized carbons (Fsp3) is 0. The molecule has 0 radical (unpaired) electrons. The molecular weight excluding hydrogens is 192 g/mol. The SMILES string of the molecule is Brc1ccc2ccncn12. The Morgan fingerprint density at radius 3 is 3.00 bits per heavy atom. The quantitative estimate of drug-likeness (QED) is 0.632. The van der Waals surface area contributed by atoms with E-state index in [1.54, 1.807) is 12.5 Å². The summed E-state index contributed by atoms with van der Waals surface area (Å²) in [6.07, 6.45) is 3.56. The average Bonchev–Trinajstić information content (AvgIpc) is 2.34. The van der Waals surface area contributed by atoms with Crippen LogP contribution in [-0.4, -0.2) is 9.38 Å². The highest BCUT2D eigenvalue weighted by Crippen LogP contribution is 2.13. The molecule has 0 spiro atoms. The minimum Gasteiger partial charge on any atom is -0.295 e. The minimum atomic E-state index is 1.04. The van der Waals surface area contributed by atoms with Crippen LogP contribution in [0.5, 0.6) is 0 Å². The van der Waals surface area contributed by atoms with Gasteiger partial charge in [-0.2, -0.15) is 0 Å². The molecule has 0 amide bonds. The Hall–Kier alpha value is -0.830. The molecule has 2 rings (SSSR count). The van der Waals surface area contributed by atoms with Gasteiger partial charge >= 0.3 is 0 Å². The maximum atomic E-state index is 3.98. The fourth-order valence-electron chi connectivity index (χ4n) is 0.920. The van der Waals surface area contributed by atoms with Gasteiger partial charge in [0.05, 0.1) is 10.9 Å². The second-order valence-electron chi connectivity index (χ2n) is 2.03. The van der Waals surface area contributed by atoms with Gasteiger partial charge in [-0.3, -0.25) is 4.40 Å². The molecule has 0 fully saturated rings. The summed E-state index contributed by atoms with van der Waals surface area (Å²) in [6.45, 7) is 0. The van der Waals surface area contributed by atoms with E-state index < -0.39 is 0 Å². The Balaban J connectivity index is 2.93. The maximum absolute atomic E-state index is 3.98. The Labute approximate surface area is 66.6 Å². The third-order valence-corrected chi connectivity index (χ3v) is 2.06. The number of aromatic nitrogens is 2. The predicted octanol–water partition coefficient (Wildman–Crippen LogP) is 2.10. The second-order valence-corrected chi connectivity index (χ2v) is 2.84. The van der Waals surface area contributed by atoms with E-state index in [4.69, 9.17) is 0 Å². The molecule has 2 aromatic heterocycles. The molecule has 0 unspecified atom stereocenters. The van der Waals surface area contributed by atoms with Crippen LogP contribution in [0.4, 0.5) is 0 Å². The molecule has 0 N–H and O–H groups in total. The third-order valence-electron chi connectivity index (χ3n) is 1.41. The van der Waals surface area contributed by atoms with Crippen molar-refractivity contribution in [2.75, 3.05) is 0 Å². The third kappa shape index (κ3) is 0.743. The van der Waals surface area contributed by atoms with Gasteiger partial charge in [0.1, 0.15) is 0 Å². The van der Waals surface area contributed by atoms with Crippen LogP contribution in [0.2, 0.25) is 0 Å². The lowest BCUT2D eigenvalue weighted by atomic mass is 10.5. The summed E-state index contributed by atoms with van der Waals surface area (Å²) in [4.78, 5) is 3.98. The highest BCUT2D eigenvalue weighted by atomic mass is 79.9. The first-order chi connectivity index (χ1) is 4.88. The van der Waals surface area contributed by atoms with Gasteiger partial charge in [-0.15, -0.1) is 0 Å². The summed E-state index contributed by atoms with van der Waals surface area (Å²) in [5.41, 5.74) is 1.15. The Morgan fingerprint density at radius 2 is 2.20 bits per heavy atom. The van der Waals surface area contributed by atoms with Crippen molar-refractivity contribution < 1.29 is 0 Å². The zero-order valence-electron chi connectivity index (χ0n) is 5.16. The summed E-state index contributed by atoms with van der Waals surface area (Å²) >= 11 is 3.39. The van der Waals surface area contributed by atoms with Gasteiger partial charge in [-0.05, 0) is 34.1 Å². The molecule has 3 heteroatoms. The predicted molar refractivity (Wildman–Crippen MR) is 42.9 cm³/mol. The average molecular weight is 197 g/mol. The van der Waals surface area contributed by atoms with E-state index in [9.17, 15) is 0 Å². The minimum absolute atomic E-state index is 1.04. The molecule has 2 nitrogen and oxygen atoms in total. The molecule has 10 heavy (non-hydrogen) atoms. The fourth-order valence-corrected chi connectivity index (χ4v) is 1.35. The molecule has 2 aromatic rings. The number of hydrogen-bond acceptors (Lipinski definition) is 1. The smallest absolute Gasteiger partial charge is 0.0999 e. The molecule has 0 aromatic carbocycles. The van der Waals surface area contributed by atoms with Gasteiger partial charge in [-0.1, -0.05) is 0 Å². The van der Waals surface area contributed by atoms with Crippen molar-refractivity contribution in [1.29, 1.82) is 0 Å². The Kier molecular flexibility index (Phi) is 1.24. The lowest BCUT2D eigenvalue weighted by Crippen LogP contribution is -1.83. The van der Waals surface area contributed by atoms with E-state index in [1.807, 2.05) is 22.6 Å². The Morgan fingerprint density at radius 1 is 1.30 bits per heavy atom. The van der Waals surface area contributed by atoms with E-state index in [0.717, 1.165) is 10.1 Å². The highest BCUT2D eigenvalue weighted by Gasteiger charge is 1.93. The zero-order valence-corrected chi connectivity index (χ0v) is 6.75. The van der Waals surface area contributed by atoms with Crippen molar-refractivity contribution in [3.63, 3.8) is 0 Å². The van der Waals surface area contributed by atoms with E-state index in [0.29, 0.717) is 0 Å². The molecule has 50 valence electrons. The normalized spacial score (nSPS) is 10.5. The molecule has 0 saturated carbocycles. The lowest BCUT2D eigenvalue weighted by molar-refractivity contribution is 1.07. The Bertz CT molecular complexity index is 353. The van der Waals surface area contributed by atoms with Crippen LogP contribution in [0.1, 0.15) is 0 Å². The van der Waals surface area contributed by atoms with Gasteiger partial charge in [0, 0.05) is 11.7 Å². The summed E-state index contributed by atoms with van der Waals surface area (Å²) < 4.78 is 3.01. The van der Waals surface area contributed by atoms with Crippen molar-refractivity contribution in [2.24, 2.45) is 0 Å². The molecular formula is C7H5BrN2. The van der Waals surface area contributed by atoms with Gasteiger partial charge < -0.3 is 0 Å². The van der Waals surface area contributed by atoms with Gasteiger partial charge in [-0.25, -0.2) is 4.98 Å². The van der Waals surface area contributed by atoms with Crippen molar-refractivity contribution in [1.82, 2.24) is 9.38 Å². The topological polar surface area (TPSA) is 17.3 Å². The monoisotopic (exact) mass is 196 g/mol. The van der Waals surface area contributed by atoms with E-state index in [1.165, 1.54) is 0 Å². The summed E-state index contributed by atoms with van der Waals surface area (Å²) in [5, 5.41) is 0. The number of fused-ring (bicyclic) bond motifs is 1. The number of halogens is 1. The molecule has 0 aliphatic carbocycles. The number of rotatable bonds is 0. The molecule has 0 aliphatic heterocycles. The van der Waals surface area contributed by atoms with Crippen LogP contribution in [0.3, 0.4) is 0 Å². The molecule has 0 saturated heterocycles. The number of nitrogens with zero attached hydrogens (tertiary/aromatic N) is 2. The lowest BCUT2D eigenvalue weighted by Gasteiger charge is -1.91. The maximum Gasteiger partial charge on any atom is 0.0999 e. The summed E-state index contributed by atoms with van der Waals surface area (Å²) in [6, 6.07) is 5.99. The van der Waals surface area contributed by atoms with Crippen molar-refractivity contribution in [3.05, 3.63) is 35.3 Å². The van der Waals surface area contributed by atoms with Crippen molar-refractivity contribution in [2.45, 2.75) is 0 Å². The molecule has 2 heterocycles. The van der Waals surface area contributed by atoms with Crippen LogP contribution >= 0.6 is 15.9 Å². The van der Waals surface area contributed by atoms with Gasteiger partial charge in [0.15, 0.2) is 0 Å². The summed E-state index contributed by atoms with van der Waals surface area (Å²) in [5.74, 6) is 0. The highest BCUT2D eigenvalue weighted by molar-refractivity contribution is 9.10. The van der Waals surface area contributed by atoms with E-state index in [2.05, 4.69) is 20.9 Å². The zero-order chi connectivity index (χ0) is 6.97. The van der Waals surface area contributed by atoms with E-state index in [-0.39, 0.29) is 0 Å². The largest absolute Gasteiger partial charge is 0.295 e. The van der Waals surface area contributed by atoms with E-state index >= 15 is 0 Å². The standard InChI is InChI=1S/C7H5BrN2/c8-7-2-1-6-3-4-9-5-10(6)7/h1-5H. The first kappa shape index (κ1) is 5.92. The first-order valence-corrected chi connectivity index (χ1v) is 3.74. The van der Waals surface area contributed by atoms with Crippen LogP contribution in [-0.2, 0) is 0 Å². The van der Waals surface area contributed by atoms with Crippen LogP contribution < -0.4 is 0 Å². The van der Waals surface area contributed by atoms with Crippen molar-refractivity contribution in [3.8, 4) is 0 Å². The molecule has 0 bridgehead atoms. The van der Waals surface area contributed by atoms with Crippen molar-refractivity contribution >= 4 is 21.4 Å². The molecule has 0 atom stereocenters. The second kappa shape index (κ2) is 2.09. The number of hydrogen-bond donors (Lipinski definition) is 0.